The van der Waals surface area contributed by atoms with Gasteiger partial charge in [-0.2, -0.15) is 0 Å². The van der Waals surface area contributed by atoms with Gasteiger partial charge in [0.2, 0.25) is 0 Å². The Morgan fingerprint density at radius 2 is 2.11 bits per heavy atom. The topological polar surface area (TPSA) is 29.3 Å². The van der Waals surface area contributed by atoms with Crippen molar-refractivity contribution in [3.63, 3.8) is 0 Å². The van der Waals surface area contributed by atoms with Gasteiger partial charge in [0, 0.05) is 29.3 Å². The molecule has 1 unspecified atom stereocenters. The number of nitrogens with zero attached hydrogens (tertiary/aromatic N) is 1. The van der Waals surface area contributed by atoms with Gasteiger partial charge in [0.1, 0.15) is 0 Å². The zero-order chi connectivity index (χ0) is 13.8. The first-order valence-electron chi connectivity index (χ1n) is 7.46. The molecular formula is C16H25ClN2. The van der Waals surface area contributed by atoms with Crippen LogP contribution in [0.3, 0.4) is 0 Å². The van der Waals surface area contributed by atoms with Crippen LogP contribution >= 0.6 is 11.6 Å². The van der Waals surface area contributed by atoms with E-state index in [0.717, 1.165) is 30.5 Å². The molecule has 0 bridgehead atoms. The predicted molar refractivity (Wildman–Crippen MR) is 84.1 cm³/mol. The van der Waals surface area contributed by atoms with Gasteiger partial charge in [-0.15, -0.1) is 0 Å². The van der Waals surface area contributed by atoms with Gasteiger partial charge in [-0.05, 0) is 49.8 Å². The largest absolute Gasteiger partial charge is 0.368 e. The minimum Gasteiger partial charge on any atom is -0.368 e. The molecule has 3 heteroatoms. The molecule has 2 rings (SSSR count). The molecule has 0 aromatic heterocycles. The summed E-state index contributed by atoms with van der Waals surface area (Å²) in [6.45, 7) is 5.49. The second kappa shape index (κ2) is 6.62. The average molecular weight is 281 g/mol. The van der Waals surface area contributed by atoms with Crippen LogP contribution < -0.4 is 10.6 Å². The van der Waals surface area contributed by atoms with Crippen molar-refractivity contribution in [2.24, 2.45) is 5.73 Å². The van der Waals surface area contributed by atoms with E-state index in [1.807, 2.05) is 6.07 Å². The third-order valence-corrected chi connectivity index (χ3v) is 4.05. The maximum atomic E-state index is 6.20. The zero-order valence-corrected chi connectivity index (χ0v) is 12.8. The SMILES string of the molecule is CCCN(c1cc(Cl)ccc1CC(N)CC)C1CC1. The molecule has 1 aromatic carbocycles. The second-order valence-corrected chi connectivity index (χ2v) is 6.01. The third kappa shape index (κ3) is 3.87. The molecule has 2 N–H and O–H groups in total. The van der Waals surface area contributed by atoms with Crippen molar-refractivity contribution in [3.8, 4) is 0 Å². The number of benzene rings is 1. The number of rotatable bonds is 7. The number of anilines is 1. The zero-order valence-electron chi connectivity index (χ0n) is 12.0. The van der Waals surface area contributed by atoms with Crippen LogP contribution in [0.1, 0.15) is 45.1 Å². The normalized spacial score (nSPS) is 16.4. The fourth-order valence-corrected chi connectivity index (χ4v) is 2.70. The number of hydrogen-bond donors (Lipinski definition) is 1. The van der Waals surface area contributed by atoms with Crippen LogP contribution in [-0.4, -0.2) is 18.6 Å². The summed E-state index contributed by atoms with van der Waals surface area (Å²) in [6, 6.07) is 7.21. The van der Waals surface area contributed by atoms with Crippen molar-refractivity contribution in [1.82, 2.24) is 0 Å². The molecule has 0 radical (unpaired) electrons. The summed E-state index contributed by atoms with van der Waals surface area (Å²) in [4.78, 5) is 2.53. The molecule has 0 amide bonds. The van der Waals surface area contributed by atoms with Crippen LogP contribution in [0, 0.1) is 0 Å². The first-order chi connectivity index (χ1) is 9.15. The van der Waals surface area contributed by atoms with E-state index in [2.05, 4.69) is 30.9 Å². The van der Waals surface area contributed by atoms with Gasteiger partial charge in [0.05, 0.1) is 0 Å². The Balaban J connectivity index is 2.26. The fraction of sp³-hybridized carbons (Fsp3) is 0.625. The van der Waals surface area contributed by atoms with E-state index in [1.54, 1.807) is 0 Å². The monoisotopic (exact) mass is 280 g/mol. The third-order valence-electron chi connectivity index (χ3n) is 3.82. The van der Waals surface area contributed by atoms with Crippen molar-refractivity contribution >= 4 is 17.3 Å². The van der Waals surface area contributed by atoms with Crippen LogP contribution in [0.5, 0.6) is 0 Å². The van der Waals surface area contributed by atoms with Gasteiger partial charge < -0.3 is 10.6 Å². The highest BCUT2D eigenvalue weighted by Gasteiger charge is 2.30. The minimum absolute atomic E-state index is 0.239. The molecule has 0 saturated heterocycles. The van der Waals surface area contributed by atoms with Crippen molar-refractivity contribution in [1.29, 1.82) is 0 Å². The molecule has 0 aliphatic heterocycles. The minimum atomic E-state index is 0.239. The molecule has 2 nitrogen and oxygen atoms in total. The Bertz CT molecular complexity index is 415. The summed E-state index contributed by atoms with van der Waals surface area (Å²) in [5, 5.41) is 0.825. The quantitative estimate of drug-likeness (QED) is 0.818. The molecule has 1 aromatic rings. The fourth-order valence-electron chi connectivity index (χ4n) is 2.53. The Morgan fingerprint density at radius 1 is 1.37 bits per heavy atom. The molecule has 19 heavy (non-hydrogen) atoms. The summed E-state index contributed by atoms with van der Waals surface area (Å²) in [7, 11) is 0. The highest BCUT2D eigenvalue weighted by Crippen LogP contribution is 2.35. The Morgan fingerprint density at radius 3 is 2.68 bits per heavy atom. The molecule has 0 heterocycles. The van der Waals surface area contributed by atoms with Crippen molar-refractivity contribution in [2.75, 3.05) is 11.4 Å². The maximum absolute atomic E-state index is 6.20. The molecule has 106 valence electrons. The first kappa shape index (κ1) is 14.7. The van der Waals surface area contributed by atoms with Crippen LogP contribution in [0.15, 0.2) is 18.2 Å². The maximum Gasteiger partial charge on any atom is 0.0426 e. The lowest BCUT2D eigenvalue weighted by atomic mass is 10.0. The van der Waals surface area contributed by atoms with Gasteiger partial charge in [0.25, 0.3) is 0 Å². The highest BCUT2D eigenvalue weighted by atomic mass is 35.5. The summed E-state index contributed by atoms with van der Waals surface area (Å²) >= 11 is 6.20. The van der Waals surface area contributed by atoms with Crippen molar-refractivity contribution < 1.29 is 0 Å². The summed E-state index contributed by atoms with van der Waals surface area (Å²) in [5.74, 6) is 0. The number of halogens is 1. The molecule has 1 fully saturated rings. The van der Waals surface area contributed by atoms with Crippen molar-refractivity contribution in [3.05, 3.63) is 28.8 Å². The molecule has 1 saturated carbocycles. The predicted octanol–water partition coefficient (Wildman–Crippen LogP) is 4.00. The molecular weight excluding hydrogens is 256 g/mol. The van der Waals surface area contributed by atoms with E-state index in [9.17, 15) is 0 Å². The lowest BCUT2D eigenvalue weighted by Crippen LogP contribution is -2.29. The van der Waals surface area contributed by atoms with Gasteiger partial charge in [0.15, 0.2) is 0 Å². The molecule has 1 atom stereocenters. The van der Waals surface area contributed by atoms with E-state index in [-0.39, 0.29) is 6.04 Å². The van der Waals surface area contributed by atoms with Gasteiger partial charge in [-0.1, -0.05) is 31.5 Å². The van der Waals surface area contributed by atoms with Gasteiger partial charge >= 0.3 is 0 Å². The lowest BCUT2D eigenvalue weighted by Gasteiger charge is -2.28. The van der Waals surface area contributed by atoms with Gasteiger partial charge in [-0.3, -0.25) is 0 Å². The Labute approximate surface area is 121 Å². The summed E-state index contributed by atoms with van der Waals surface area (Å²) in [5.41, 5.74) is 8.78. The number of hydrogen-bond acceptors (Lipinski definition) is 2. The van der Waals surface area contributed by atoms with Crippen LogP contribution in [0.25, 0.3) is 0 Å². The smallest absolute Gasteiger partial charge is 0.0426 e. The molecule has 1 aliphatic rings. The number of nitrogens with two attached hydrogens (primary N) is 1. The van der Waals surface area contributed by atoms with E-state index >= 15 is 0 Å². The average Bonchev–Trinajstić information content (AvgIpc) is 3.22. The van der Waals surface area contributed by atoms with E-state index in [1.165, 1.54) is 30.5 Å². The summed E-state index contributed by atoms with van der Waals surface area (Å²) < 4.78 is 0. The lowest BCUT2D eigenvalue weighted by molar-refractivity contribution is 0.642. The van der Waals surface area contributed by atoms with Crippen LogP contribution in [-0.2, 0) is 6.42 Å². The van der Waals surface area contributed by atoms with Gasteiger partial charge in [-0.25, -0.2) is 0 Å². The van der Waals surface area contributed by atoms with E-state index in [4.69, 9.17) is 17.3 Å². The molecule has 1 aliphatic carbocycles. The second-order valence-electron chi connectivity index (χ2n) is 5.57. The Hall–Kier alpha value is -0.730. The Kier molecular flexibility index (Phi) is 5.12. The van der Waals surface area contributed by atoms with Crippen molar-refractivity contribution in [2.45, 2.75) is 58.0 Å². The molecule has 0 spiro atoms. The summed E-state index contributed by atoms with van der Waals surface area (Å²) in [6.07, 6.45) is 5.75. The van der Waals surface area contributed by atoms with Crippen LogP contribution in [0.2, 0.25) is 5.02 Å². The standard InChI is InChI=1S/C16H25ClN2/c1-3-9-19(15-7-8-15)16-11-13(17)6-5-12(16)10-14(18)4-2/h5-6,11,14-15H,3-4,7-10,18H2,1-2H3. The van der Waals surface area contributed by atoms with Crippen LogP contribution in [0.4, 0.5) is 5.69 Å². The van der Waals surface area contributed by atoms with E-state index in [0.29, 0.717) is 0 Å². The van der Waals surface area contributed by atoms with E-state index < -0.39 is 0 Å². The highest BCUT2D eigenvalue weighted by molar-refractivity contribution is 6.30. The first-order valence-corrected chi connectivity index (χ1v) is 7.84.